The van der Waals surface area contributed by atoms with Gasteiger partial charge in [0.05, 0.1) is 24.7 Å². The molecule has 1 aromatic rings. The fourth-order valence-electron chi connectivity index (χ4n) is 1.48. The Morgan fingerprint density at radius 1 is 1.61 bits per heavy atom. The largest absolute Gasteiger partial charge is 0.465 e. The predicted molar refractivity (Wildman–Crippen MR) is 75.4 cm³/mol. The van der Waals surface area contributed by atoms with E-state index in [4.69, 9.17) is 16.3 Å². The molecular formula is C12H15BrClNO3. The topological polar surface area (TPSA) is 58.6 Å². The molecule has 0 saturated heterocycles. The third kappa shape index (κ3) is 3.60. The van der Waals surface area contributed by atoms with Gasteiger partial charge in [0.2, 0.25) is 0 Å². The van der Waals surface area contributed by atoms with Gasteiger partial charge in [0.1, 0.15) is 0 Å². The number of hydrogen-bond acceptors (Lipinski definition) is 4. The van der Waals surface area contributed by atoms with E-state index in [0.29, 0.717) is 11.3 Å². The number of rotatable bonds is 5. The number of carbonyl (C=O) groups excluding carboxylic acids is 1. The standard InChI is InChI=1S/C12H15BrClNO3/c1-7-9(13)3-4-10(11(7)12(17)18-2)15-6-8(16)5-14/h3-4,8,15-16H,5-6H2,1-2H3. The SMILES string of the molecule is COC(=O)c1c(NCC(O)CCl)ccc(Br)c1C. The Bertz CT molecular complexity index is 440. The quantitative estimate of drug-likeness (QED) is 0.641. The number of methoxy groups -OCH3 is 1. The van der Waals surface area contributed by atoms with Crippen LogP contribution in [0.1, 0.15) is 15.9 Å². The molecule has 2 N–H and O–H groups in total. The van der Waals surface area contributed by atoms with Crippen LogP contribution in [-0.4, -0.2) is 36.7 Å². The van der Waals surface area contributed by atoms with Crippen molar-refractivity contribution in [1.29, 1.82) is 0 Å². The first kappa shape index (κ1) is 15.3. The Kier molecular flexibility index (Phi) is 5.91. The average molecular weight is 337 g/mol. The summed E-state index contributed by atoms with van der Waals surface area (Å²) in [5.74, 6) is -0.285. The summed E-state index contributed by atoms with van der Waals surface area (Å²) in [5.41, 5.74) is 1.85. The van der Waals surface area contributed by atoms with Crippen LogP contribution in [0, 0.1) is 6.92 Å². The second-order valence-electron chi connectivity index (χ2n) is 3.78. The Morgan fingerprint density at radius 3 is 2.83 bits per heavy atom. The van der Waals surface area contributed by atoms with Gasteiger partial charge < -0.3 is 15.2 Å². The number of aliphatic hydroxyl groups excluding tert-OH is 1. The summed E-state index contributed by atoms with van der Waals surface area (Å²) in [6.45, 7) is 2.09. The van der Waals surface area contributed by atoms with Crippen molar-refractivity contribution >= 4 is 39.2 Å². The Labute approximate surface area is 119 Å². The maximum Gasteiger partial charge on any atom is 0.340 e. The number of benzene rings is 1. The van der Waals surface area contributed by atoms with Crippen LogP contribution in [0.5, 0.6) is 0 Å². The summed E-state index contributed by atoms with van der Waals surface area (Å²) in [5, 5.41) is 12.4. The number of alkyl halides is 1. The minimum atomic E-state index is -0.666. The van der Waals surface area contributed by atoms with Gasteiger partial charge >= 0.3 is 5.97 Å². The molecule has 0 aromatic heterocycles. The molecule has 0 heterocycles. The lowest BCUT2D eigenvalue weighted by Crippen LogP contribution is -2.22. The number of carbonyl (C=O) groups is 1. The van der Waals surface area contributed by atoms with E-state index in [-0.39, 0.29) is 12.4 Å². The smallest absolute Gasteiger partial charge is 0.340 e. The van der Waals surface area contributed by atoms with Crippen molar-refractivity contribution in [2.45, 2.75) is 13.0 Å². The third-order valence-electron chi connectivity index (χ3n) is 2.49. The zero-order chi connectivity index (χ0) is 13.7. The van der Waals surface area contributed by atoms with Crippen LogP contribution in [0.15, 0.2) is 16.6 Å². The third-order valence-corrected chi connectivity index (χ3v) is 3.71. The highest BCUT2D eigenvalue weighted by atomic mass is 79.9. The molecule has 0 bridgehead atoms. The van der Waals surface area contributed by atoms with Gasteiger partial charge in [0.25, 0.3) is 0 Å². The number of ether oxygens (including phenoxy) is 1. The van der Waals surface area contributed by atoms with Gasteiger partial charge in [-0.25, -0.2) is 4.79 Å². The zero-order valence-corrected chi connectivity index (χ0v) is 12.5. The molecule has 6 heteroatoms. The summed E-state index contributed by atoms with van der Waals surface area (Å²) >= 11 is 8.88. The van der Waals surface area contributed by atoms with Crippen LogP contribution in [0.4, 0.5) is 5.69 Å². The lowest BCUT2D eigenvalue weighted by atomic mass is 10.1. The zero-order valence-electron chi connectivity index (χ0n) is 10.2. The summed E-state index contributed by atoms with van der Waals surface area (Å²) in [6, 6.07) is 3.58. The first-order chi connectivity index (χ1) is 8.51. The molecule has 0 spiro atoms. The summed E-state index contributed by atoms with van der Waals surface area (Å²) in [4.78, 5) is 11.7. The fraction of sp³-hybridized carbons (Fsp3) is 0.417. The van der Waals surface area contributed by atoms with Crippen molar-refractivity contribution in [3.63, 3.8) is 0 Å². The first-order valence-corrected chi connectivity index (χ1v) is 6.69. The molecular weight excluding hydrogens is 321 g/mol. The molecule has 0 aliphatic rings. The lowest BCUT2D eigenvalue weighted by Gasteiger charge is -2.15. The second-order valence-corrected chi connectivity index (χ2v) is 4.94. The highest BCUT2D eigenvalue weighted by Crippen LogP contribution is 2.27. The van der Waals surface area contributed by atoms with Crippen LogP contribution in [0.25, 0.3) is 0 Å². The Morgan fingerprint density at radius 2 is 2.28 bits per heavy atom. The molecule has 0 aliphatic carbocycles. The van der Waals surface area contributed by atoms with Gasteiger partial charge in [-0.2, -0.15) is 0 Å². The normalized spacial score (nSPS) is 12.1. The van der Waals surface area contributed by atoms with Crippen LogP contribution in [0.2, 0.25) is 0 Å². The molecule has 4 nitrogen and oxygen atoms in total. The highest BCUT2D eigenvalue weighted by molar-refractivity contribution is 9.10. The number of halogens is 2. The summed E-state index contributed by atoms with van der Waals surface area (Å²) in [6.07, 6.45) is -0.666. The molecule has 1 rings (SSSR count). The van der Waals surface area contributed by atoms with E-state index in [1.165, 1.54) is 7.11 Å². The molecule has 0 aliphatic heterocycles. The maximum atomic E-state index is 11.7. The van der Waals surface area contributed by atoms with Crippen LogP contribution in [0.3, 0.4) is 0 Å². The van der Waals surface area contributed by atoms with Gasteiger partial charge in [0.15, 0.2) is 0 Å². The molecule has 1 unspecified atom stereocenters. The number of anilines is 1. The molecule has 1 atom stereocenters. The number of nitrogens with one attached hydrogen (secondary N) is 1. The molecule has 1 aromatic carbocycles. The molecule has 0 fully saturated rings. The minimum Gasteiger partial charge on any atom is -0.465 e. The maximum absolute atomic E-state index is 11.7. The van der Waals surface area contributed by atoms with Crippen molar-refractivity contribution < 1.29 is 14.6 Å². The first-order valence-electron chi connectivity index (χ1n) is 5.36. The van der Waals surface area contributed by atoms with E-state index in [1.807, 2.05) is 13.0 Å². The minimum absolute atomic E-state index is 0.135. The van der Waals surface area contributed by atoms with E-state index in [2.05, 4.69) is 21.2 Å². The van der Waals surface area contributed by atoms with Crippen LogP contribution >= 0.6 is 27.5 Å². The van der Waals surface area contributed by atoms with Gasteiger partial charge in [-0.3, -0.25) is 0 Å². The van der Waals surface area contributed by atoms with Crippen LogP contribution < -0.4 is 5.32 Å². The molecule has 0 amide bonds. The van der Waals surface area contributed by atoms with E-state index in [9.17, 15) is 9.90 Å². The van der Waals surface area contributed by atoms with Crippen LogP contribution in [-0.2, 0) is 4.74 Å². The number of hydrogen-bond donors (Lipinski definition) is 2. The van der Waals surface area contributed by atoms with E-state index < -0.39 is 12.1 Å². The number of esters is 1. The van der Waals surface area contributed by atoms with Crippen molar-refractivity contribution in [3.05, 3.63) is 27.7 Å². The lowest BCUT2D eigenvalue weighted by molar-refractivity contribution is 0.0600. The van der Waals surface area contributed by atoms with Crippen molar-refractivity contribution in [3.8, 4) is 0 Å². The van der Waals surface area contributed by atoms with Crippen molar-refractivity contribution in [1.82, 2.24) is 0 Å². The average Bonchev–Trinajstić information content (AvgIpc) is 2.38. The molecule has 18 heavy (non-hydrogen) atoms. The van der Waals surface area contributed by atoms with E-state index >= 15 is 0 Å². The summed E-state index contributed by atoms with van der Waals surface area (Å²) in [7, 11) is 1.33. The van der Waals surface area contributed by atoms with Gasteiger partial charge in [-0.05, 0) is 24.6 Å². The fourth-order valence-corrected chi connectivity index (χ4v) is 1.92. The van der Waals surface area contributed by atoms with Crippen molar-refractivity contribution in [2.75, 3.05) is 24.9 Å². The number of aliphatic hydroxyl groups is 1. The van der Waals surface area contributed by atoms with Gasteiger partial charge in [0, 0.05) is 16.7 Å². The monoisotopic (exact) mass is 335 g/mol. The molecule has 0 radical (unpaired) electrons. The van der Waals surface area contributed by atoms with Gasteiger partial charge in [-0.1, -0.05) is 15.9 Å². The van der Waals surface area contributed by atoms with E-state index in [1.54, 1.807) is 6.07 Å². The van der Waals surface area contributed by atoms with Crippen molar-refractivity contribution in [2.24, 2.45) is 0 Å². The second kappa shape index (κ2) is 6.97. The Balaban J connectivity index is 3.03. The van der Waals surface area contributed by atoms with E-state index in [0.717, 1.165) is 10.0 Å². The molecule has 0 saturated carbocycles. The summed E-state index contributed by atoms with van der Waals surface area (Å²) < 4.78 is 5.58. The highest BCUT2D eigenvalue weighted by Gasteiger charge is 2.17. The Hall–Kier alpha value is -0.780. The van der Waals surface area contributed by atoms with Gasteiger partial charge in [-0.15, -0.1) is 11.6 Å². The predicted octanol–water partition coefficient (Wildman–Crippen LogP) is 2.56. The molecule has 100 valence electrons.